The Morgan fingerprint density at radius 2 is 1.75 bits per heavy atom. The summed E-state index contributed by atoms with van der Waals surface area (Å²) in [7, 11) is 0. The van der Waals surface area contributed by atoms with Gasteiger partial charge in [0.2, 0.25) is 0 Å². The van der Waals surface area contributed by atoms with Crippen molar-refractivity contribution in [2.75, 3.05) is 0 Å². The number of aliphatic carboxylic acids is 1. The zero-order chi connectivity index (χ0) is 12.1. The summed E-state index contributed by atoms with van der Waals surface area (Å²) in [5.41, 5.74) is -2.96. The van der Waals surface area contributed by atoms with Crippen LogP contribution in [0.25, 0.3) is 0 Å². The van der Waals surface area contributed by atoms with Crippen LogP contribution in [-0.4, -0.2) is 44.0 Å². The largest absolute Gasteiger partial charge is 0.481 e. The van der Waals surface area contributed by atoms with Crippen LogP contribution in [0.4, 0.5) is 0 Å². The lowest BCUT2D eigenvalue weighted by atomic mass is 9.54. The number of carbonyl (C=O) groups is 1. The van der Waals surface area contributed by atoms with Crippen LogP contribution in [0.3, 0.4) is 0 Å². The maximum absolute atomic E-state index is 11.1. The van der Waals surface area contributed by atoms with Gasteiger partial charge in [0, 0.05) is 11.3 Å². The standard InChI is InChI=1S/C9H13NO6/c11-5-3-8(7(13)14)1-2-9(5,10(15)16)6(12)4-8/h5-6,11-12H,1-4H2,(H,13,14). The number of hydrogen-bond donors (Lipinski definition) is 3. The average Bonchev–Trinajstić information content (AvgIpc) is 2.16. The summed E-state index contributed by atoms with van der Waals surface area (Å²) in [6.07, 6.45) is -3.04. The third-order valence-corrected chi connectivity index (χ3v) is 4.12. The number of aliphatic hydroxyl groups is 2. The van der Waals surface area contributed by atoms with E-state index in [0.29, 0.717) is 0 Å². The van der Waals surface area contributed by atoms with Gasteiger partial charge in [-0.2, -0.15) is 0 Å². The number of hydrogen-bond acceptors (Lipinski definition) is 5. The van der Waals surface area contributed by atoms with E-state index in [4.69, 9.17) is 5.11 Å². The smallest absolute Gasteiger partial charge is 0.309 e. The SMILES string of the molecule is O=C(O)C12CCC([N+](=O)[O-])(C(O)C1)C(O)C2. The lowest BCUT2D eigenvalue weighted by Gasteiger charge is -2.51. The normalized spacial score (nSPS) is 46.6. The van der Waals surface area contributed by atoms with Crippen molar-refractivity contribution in [2.45, 2.75) is 43.4 Å². The molecule has 3 rings (SSSR count). The van der Waals surface area contributed by atoms with Gasteiger partial charge in [-0.15, -0.1) is 0 Å². The van der Waals surface area contributed by atoms with Gasteiger partial charge in [0.25, 0.3) is 5.54 Å². The third-order valence-electron chi connectivity index (χ3n) is 4.12. The zero-order valence-electron chi connectivity index (χ0n) is 8.50. The molecule has 0 saturated heterocycles. The van der Waals surface area contributed by atoms with Gasteiger partial charge in [-0.3, -0.25) is 14.9 Å². The molecule has 0 aromatic carbocycles. The number of rotatable bonds is 2. The fourth-order valence-corrected chi connectivity index (χ4v) is 2.99. The maximum atomic E-state index is 11.1. The van der Waals surface area contributed by atoms with Crippen LogP contribution in [0.15, 0.2) is 0 Å². The predicted molar refractivity (Wildman–Crippen MR) is 50.3 cm³/mol. The fourth-order valence-electron chi connectivity index (χ4n) is 2.99. The minimum absolute atomic E-state index is 0.0887. The van der Waals surface area contributed by atoms with Crippen LogP contribution in [0, 0.1) is 15.5 Å². The van der Waals surface area contributed by atoms with Gasteiger partial charge in [0.1, 0.15) is 12.2 Å². The van der Waals surface area contributed by atoms with E-state index in [1.165, 1.54) is 0 Å². The highest BCUT2D eigenvalue weighted by Gasteiger charge is 2.69. The number of carboxylic acids is 1. The summed E-state index contributed by atoms with van der Waals surface area (Å²) < 4.78 is 0. The summed E-state index contributed by atoms with van der Waals surface area (Å²) in [6, 6.07) is 0. The summed E-state index contributed by atoms with van der Waals surface area (Å²) in [5.74, 6) is -1.10. The highest BCUT2D eigenvalue weighted by Crippen LogP contribution is 2.53. The van der Waals surface area contributed by atoms with E-state index in [2.05, 4.69) is 0 Å². The van der Waals surface area contributed by atoms with Crippen LogP contribution >= 0.6 is 0 Å². The Balaban J connectivity index is 2.40. The van der Waals surface area contributed by atoms with Crippen LogP contribution in [0.5, 0.6) is 0 Å². The minimum atomic E-state index is -1.77. The zero-order valence-corrected chi connectivity index (χ0v) is 8.50. The molecular formula is C9H13NO6. The Morgan fingerprint density at radius 3 is 2.06 bits per heavy atom. The van der Waals surface area contributed by atoms with Crippen molar-refractivity contribution in [3.05, 3.63) is 10.1 Å². The van der Waals surface area contributed by atoms with Crippen molar-refractivity contribution in [1.29, 1.82) is 0 Å². The lowest BCUT2D eigenvalue weighted by molar-refractivity contribution is -0.608. The van der Waals surface area contributed by atoms with E-state index < -0.39 is 34.1 Å². The molecule has 7 nitrogen and oxygen atoms in total. The molecule has 3 aliphatic rings. The van der Waals surface area contributed by atoms with E-state index in [9.17, 15) is 25.1 Å². The van der Waals surface area contributed by atoms with Crippen LogP contribution < -0.4 is 0 Å². The van der Waals surface area contributed by atoms with Gasteiger partial charge < -0.3 is 15.3 Å². The molecular weight excluding hydrogens is 218 g/mol. The van der Waals surface area contributed by atoms with Gasteiger partial charge >= 0.3 is 5.97 Å². The molecule has 16 heavy (non-hydrogen) atoms. The van der Waals surface area contributed by atoms with Crippen molar-refractivity contribution in [1.82, 2.24) is 0 Å². The molecule has 3 saturated carbocycles. The second kappa shape index (κ2) is 3.14. The van der Waals surface area contributed by atoms with E-state index in [0.717, 1.165) is 0 Å². The Kier molecular flexibility index (Phi) is 2.22. The maximum Gasteiger partial charge on any atom is 0.309 e. The summed E-state index contributed by atoms with van der Waals surface area (Å²) in [4.78, 5) is 21.4. The summed E-state index contributed by atoms with van der Waals surface area (Å²) >= 11 is 0. The first-order valence-electron chi connectivity index (χ1n) is 5.09. The molecule has 2 unspecified atom stereocenters. The van der Waals surface area contributed by atoms with Crippen molar-refractivity contribution >= 4 is 5.97 Å². The predicted octanol–water partition coefficient (Wildman–Crippen LogP) is -0.618. The Morgan fingerprint density at radius 1 is 1.25 bits per heavy atom. The third kappa shape index (κ3) is 1.12. The van der Waals surface area contributed by atoms with Crippen molar-refractivity contribution in [2.24, 2.45) is 5.41 Å². The molecule has 0 amide bonds. The lowest BCUT2D eigenvalue weighted by Crippen LogP contribution is -2.69. The fraction of sp³-hybridized carbons (Fsp3) is 0.889. The first kappa shape index (κ1) is 11.3. The Bertz CT molecular complexity index is 342. The highest BCUT2D eigenvalue weighted by molar-refractivity contribution is 5.75. The van der Waals surface area contributed by atoms with Gasteiger partial charge in [0.05, 0.1) is 5.41 Å². The highest BCUT2D eigenvalue weighted by atomic mass is 16.6. The minimum Gasteiger partial charge on any atom is -0.481 e. The topological polar surface area (TPSA) is 121 Å². The molecule has 0 radical (unpaired) electrons. The first-order valence-corrected chi connectivity index (χ1v) is 5.09. The first-order chi connectivity index (χ1) is 7.35. The molecule has 3 N–H and O–H groups in total. The number of fused-ring (bicyclic) bond motifs is 3. The quantitative estimate of drug-likeness (QED) is 0.430. The number of nitro groups is 1. The number of nitrogens with zero attached hydrogens (tertiary/aromatic N) is 1. The summed E-state index contributed by atoms with van der Waals surface area (Å²) in [5, 5.41) is 39.5. The van der Waals surface area contributed by atoms with Gasteiger partial charge in [-0.25, -0.2) is 0 Å². The molecule has 0 aromatic rings. The molecule has 3 aliphatic carbocycles. The summed E-state index contributed by atoms with van der Waals surface area (Å²) in [6.45, 7) is 0. The molecule has 3 fully saturated rings. The van der Waals surface area contributed by atoms with E-state index in [1.807, 2.05) is 0 Å². The van der Waals surface area contributed by atoms with Crippen LogP contribution in [0.2, 0.25) is 0 Å². The molecule has 0 heterocycles. The Labute approximate surface area is 90.8 Å². The Hall–Kier alpha value is -1.21. The van der Waals surface area contributed by atoms with E-state index in [-0.39, 0.29) is 25.7 Å². The van der Waals surface area contributed by atoms with Crippen molar-refractivity contribution < 1.29 is 25.0 Å². The molecule has 7 heteroatoms. The number of carboxylic acid groups (broad SMARTS) is 1. The average molecular weight is 231 g/mol. The van der Waals surface area contributed by atoms with E-state index in [1.54, 1.807) is 0 Å². The second-order valence-corrected chi connectivity index (χ2v) is 4.77. The van der Waals surface area contributed by atoms with Gasteiger partial charge in [-0.1, -0.05) is 0 Å². The second-order valence-electron chi connectivity index (χ2n) is 4.77. The van der Waals surface area contributed by atoms with Crippen molar-refractivity contribution in [3.63, 3.8) is 0 Å². The van der Waals surface area contributed by atoms with Crippen LogP contribution in [0.1, 0.15) is 25.7 Å². The molecule has 2 bridgehead atoms. The van der Waals surface area contributed by atoms with Crippen LogP contribution in [-0.2, 0) is 4.79 Å². The van der Waals surface area contributed by atoms with Crippen molar-refractivity contribution in [3.8, 4) is 0 Å². The molecule has 0 spiro atoms. The molecule has 0 aliphatic heterocycles. The van der Waals surface area contributed by atoms with E-state index >= 15 is 0 Å². The molecule has 90 valence electrons. The van der Waals surface area contributed by atoms with Gasteiger partial charge in [-0.05, 0) is 19.3 Å². The monoisotopic (exact) mass is 231 g/mol. The molecule has 0 aromatic heterocycles. The number of aliphatic hydroxyl groups excluding tert-OH is 2. The molecule has 2 atom stereocenters. The van der Waals surface area contributed by atoms with Gasteiger partial charge in [0.15, 0.2) is 0 Å².